The summed E-state index contributed by atoms with van der Waals surface area (Å²) in [5.41, 5.74) is -0.435. The summed E-state index contributed by atoms with van der Waals surface area (Å²) < 4.78 is 0. The Bertz CT molecular complexity index is 349. The van der Waals surface area contributed by atoms with Crippen molar-refractivity contribution in [1.82, 2.24) is 4.90 Å². The second kappa shape index (κ2) is 4.88. The van der Waals surface area contributed by atoms with E-state index in [1.54, 1.807) is 0 Å². The van der Waals surface area contributed by atoms with Crippen LogP contribution in [-0.2, 0) is 9.59 Å². The molecule has 2 aliphatic rings. The minimum atomic E-state index is -1.01. The molecule has 0 radical (unpaired) electrons. The molecule has 0 spiro atoms. The molecule has 0 aromatic rings. The van der Waals surface area contributed by atoms with Crippen LogP contribution in [0.2, 0.25) is 0 Å². The summed E-state index contributed by atoms with van der Waals surface area (Å²) >= 11 is 0. The van der Waals surface area contributed by atoms with Crippen molar-refractivity contribution < 1.29 is 19.8 Å². The summed E-state index contributed by atoms with van der Waals surface area (Å²) in [7, 11) is 0. The van der Waals surface area contributed by atoms with Crippen LogP contribution >= 0.6 is 0 Å². The van der Waals surface area contributed by atoms with E-state index < -0.39 is 23.5 Å². The number of carboxylic acid groups (broad SMARTS) is 1. The van der Waals surface area contributed by atoms with E-state index in [-0.39, 0.29) is 18.9 Å². The Morgan fingerprint density at radius 3 is 2.39 bits per heavy atom. The lowest BCUT2D eigenvalue weighted by atomic mass is 9.74. The summed E-state index contributed by atoms with van der Waals surface area (Å²) in [4.78, 5) is 25.1. The van der Waals surface area contributed by atoms with Crippen LogP contribution in [0.4, 0.5) is 0 Å². The van der Waals surface area contributed by atoms with Crippen molar-refractivity contribution in [2.24, 2.45) is 5.41 Å². The Balaban J connectivity index is 2.14. The predicted octanol–water partition coefficient (Wildman–Crippen LogP) is 1.00. The molecule has 0 unspecified atom stereocenters. The molecule has 1 aliphatic heterocycles. The zero-order valence-electron chi connectivity index (χ0n) is 10.8. The predicted molar refractivity (Wildman–Crippen MR) is 65.0 cm³/mol. The Kier molecular flexibility index (Phi) is 3.61. The van der Waals surface area contributed by atoms with Crippen LogP contribution in [0.3, 0.4) is 0 Å². The van der Waals surface area contributed by atoms with Gasteiger partial charge >= 0.3 is 5.97 Å². The molecular formula is C13H21NO4. The number of aliphatic hydroxyl groups excluding tert-OH is 1. The first-order chi connectivity index (χ1) is 8.44. The summed E-state index contributed by atoms with van der Waals surface area (Å²) in [5.74, 6) is -1.11. The minimum Gasteiger partial charge on any atom is -0.480 e. The van der Waals surface area contributed by atoms with E-state index >= 15 is 0 Å². The van der Waals surface area contributed by atoms with E-state index in [0.717, 1.165) is 32.1 Å². The maximum atomic E-state index is 12.5. The number of likely N-dealkylation sites (tertiary alicyclic amines) is 1. The number of aliphatic hydroxyl groups is 1. The van der Waals surface area contributed by atoms with Gasteiger partial charge in [-0.05, 0) is 12.8 Å². The number of nitrogens with zero attached hydrogens (tertiary/aromatic N) is 1. The molecule has 1 amide bonds. The first-order valence-electron chi connectivity index (χ1n) is 6.66. The number of hydrogen-bond donors (Lipinski definition) is 2. The van der Waals surface area contributed by atoms with Crippen LogP contribution in [0, 0.1) is 5.41 Å². The fourth-order valence-electron chi connectivity index (χ4n) is 3.17. The molecule has 1 aliphatic carbocycles. The molecule has 1 heterocycles. The molecule has 2 atom stereocenters. The highest BCUT2D eigenvalue weighted by Gasteiger charge is 2.45. The van der Waals surface area contributed by atoms with Crippen molar-refractivity contribution in [3.8, 4) is 0 Å². The lowest BCUT2D eigenvalue weighted by Gasteiger charge is -2.36. The van der Waals surface area contributed by atoms with Crippen molar-refractivity contribution in [2.75, 3.05) is 6.54 Å². The molecule has 0 aromatic heterocycles. The minimum absolute atomic E-state index is 0.0915. The third-order valence-electron chi connectivity index (χ3n) is 4.30. The van der Waals surface area contributed by atoms with Gasteiger partial charge in [-0.15, -0.1) is 0 Å². The van der Waals surface area contributed by atoms with Crippen molar-refractivity contribution in [3.05, 3.63) is 0 Å². The van der Waals surface area contributed by atoms with Crippen LogP contribution in [0.5, 0.6) is 0 Å². The third kappa shape index (κ3) is 2.36. The van der Waals surface area contributed by atoms with Crippen molar-refractivity contribution in [3.63, 3.8) is 0 Å². The van der Waals surface area contributed by atoms with Gasteiger partial charge in [0.05, 0.1) is 6.10 Å². The van der Waals surface area contributed by atoms with Crippen LogP contribution < -0.4 is 0 Å². The second-order valence-electron chi connectivity index (χ2n) is 5.82. The monoisotopic (exact) mass is 255 g/mol. The number of aliphatic carboxylic acids is 1. The summed E-state index contributed by atoms with van der Waals surface area (Å²) in [6.45, 7) is 2.09. The average Bonchev–Trinajstić information content (AvgIpc) is 2.71. The van der Waals surface area contributed by atoms with Crippen LogP contribution in [0.1, 0.15) is 45.4 Å². The fourth-order valence-corrected chi connectivity index (χ4v) is 3.17. The number of β-amino-alcohol motifs (C(OH)–C–C–N with tert-alkyl or cyclic N) is 1. The molecule has 1 saturated carbocycles. The summed E-state index contributed by atoms with van der Waals surface area (Å²) in [6, 6.07) is -0.855. The molecule has 0 bridgehead atoms. The normalized spacial score (nSPS) is 31.3. The van der Waals surface area contributed by atoms with E-state index in [9.17, 15) is 14.7 Å². The zero-order chi connectivity index (χ0) is 13.3. The quantitative estimate of drug-likeness (QED) is 0.771. The van der Waals surface area contributed by atoms with Gasteiger partial charge < -0.3 is 15.1 Å². The molecule has 102 valence electrons. The fraction of sp³-hybridized carbons (Fsp3) is 0.846. The number of carboxylic acids is 1. The molecular weight excluding hydrogens is 234 g/mol. The van der Waals surface area contributed by atoms with Crippen LogP contribution in [0.15, 0.2) is 0 Å². The number of carbonyl (C=O) groups excluding carboxylic acids is 1. The maximum Gasteiger partial charge on any atom is 0.326 e. The first-order valence-corrected chi connectivity index (χ1v) is 6.66. The highest BCUT2D eigenvalue weighted by atomic mass is 16.4. The average molecular weight is 255 g/mol. The number of amides is 1. The molecule has 2 fully saturated rings. The van der Waals surface area contributed by atoms with Crippen LogP contribution in [-0.4, -0.2) is 45.7 Å². The van der Waals surface area contributed by atoms with Gasteiger partial charge in [-0.1, -0.05) is 26.2 Å². The number of hydrogen-bond acceptors (Lipinski definition) is 3. The van der Waals surface area contributed by atoms with Gasteiger partial charge in [-0.3, -0.25) is 4.79 Å². The zero-order valence-corrected chi connectivity index (χ0v) is 10.8. The Hall–Kier alpha value is -1.10. The Morgan fingerprint density at radius 2 is 1.83 bits per heavy atom. The smallest absolute Gasteiger partial charge is 0.326 e. The van der Waals surface area contributed by atoms with Crippen molar-refractivity contribution in [2.45, 2.75) is 57.6 Å². The molecule has 5 nitrogen and oxygen atoms in total. The van der Waals surface area contributed by atoms with Crippen molar-refractivity contribution >= 4 is 11.9 Å². The van der Waals surface area contributed by atoms with Crippen LogP contribution in [0.25, 0.3) is 0 Å². The van der Waals surface area contributed by atoms with Gasteiger partial charge in [-0.2, -0.15) is 0 Å². The van der Waals surface area contributed by atoms with E-state index in [2.05, 4.69) is 0 Å². The van der Waals surface area contributed by atoms with E-state index in [1.165, 1.54) is 4.90 Å². The second-order valence-corrected chi connectivity index (χ2v) is 5.82. The maximum absolute atomic E-state index is 12.5. The molecule has 1 saturated heterocycles. The highest BCUT2D eigenvalue weighted by Crippen LogP contribution is 2.39. The topological polar surface area (TPSA) is 77.8 Å². The molecule has 18 heavy (non-hydrogen) atoms. The van der Waals surface area contributed by atoms with Gasteiger partial charge in [0.1, 0.15) is 6.04 Å². The van der Waals surface area contributed by atoms with Gasteiger partial charge in [0.15, 0.2) is 0 Å². The van der Waals surface area contributed by atoms with Gasteiger partial charge in [0.25, 0.3) is 0 Å². The van der Waals surface area contributed by atoms with E-state index in [4.69, 9.17) is 5.11 Å². The van der Waals surface area contributed by atoms with Gasteiger partial charge in [0, 0.05) is 18.4 Å². The first kappa shape index (κ1) is 13.3. The Morgan fingerprint density at radius 1 is 1.22 bits per heavy atom. The lowest BCUT2D eigenvalue weighted by Crippen LogP contribution is -2.48. The SMILES string of the molecule is CC1(C(=O)N2C[C@H](O)C[C@H]2C(=O)O)CCCCC1. The molecule has 5 heteroatoms. The summed E-state index contributed by atoms with van der Waals surface area (Å²) in [5, 5.41) is 18.7. The highest BCUT2D eigenvalue weighted by molar-refractivity contribution is 5.88. The third-order valence-corrected chi connectivity index (χ3v) is 4.30. The van der Waals surface area contributed by atoms with Gasteiger partial charge in [-0.25, -0.2) is 4.79 Å². The lowest BCUT2D eigenvalue weighted by molar-refractivity contribution is -0.153. The van der Waals surface area contributed by atoms with E-state index in [1.807, 2.05) is 6.92 Å². The molecule has 0 aromatic carbocycles. The van der Waals surface area contributed by atoms with Crippen molar-refractivity contribution in [1.29, 1.82) is 0 Å². The largest absolute Gasteiger partial charge is 0.480 e. The molecule has 2 N–H and O–H groups in total. The standard InChI is InChI=1S/C13H21NO4/c1-13(5-3-2-4-6-13)12(18)14-8-9(15)7-10(14)11(16)17/h9-10,15H,2-8H2,1H3,(H,16,17)/t9-,10+/m1/s1. The van der Waals surface area contributed by atoms with E-state index in [0.29, 0.717) is 0 Å². The van der Waals surface area contributed by atoms with Gasteiger partial charge in [0.2, 0.25) is 5.91 Å². The number of rotatable bonds is 2. The Labute approximate surface area is 107 Å². The molecule has 2 rings (SSSR count). The number of carbonyl (C=O) groups is 2. The summed E-state index contributed by atoms with van der Waals surface area (Å²) in [6.07, 6.45) is 4.29.